The van der Waals surface area contributed by atoms with Gasteiger partial charge in [-0.3, -0.25) is 9.59 Å². The van der Waals surface area contributed by atoms with Crippen molar-refractivity contribution in [2.24, 2.45) is 11.8 Å². The summed E-state index contributed by atoms with van der Waals surface area (Å²) in [5.74, 6) is -2.57. The van der Waals surface area contributed by atoms with Gasteiger partial charge >= 0.3 is 6.18 Å². The number of hydrogen-bond donors (Lipinski definition) is 0. The summed E-state index contributed by atoms with van der Waals surface area (Å²) in [5.41, 5.74) is 1.06. The maximum Gasteiger partial charge on any atom is 0.416 e. The standard InChI is InChI=1S/C27H19ClF3NO2/c1-25-15-7-3-5-9-17(15)26(2,18-10-6-4-8-16(18)25)22-21(25)23(33)32(24(22)34)20-13-14(27(29,30)31)11-12-19(20)28/h3-13,21-22H,1-2H3/t21-,22-,25?,26?/m0/s1. The van der Waals surface area contributed by atoms with Gasteiger partial charge in [-0.1, -0.05) is 74.0 Å². The summed E-state index contributed by atoms with van der Waals surface area (Å²) in [6, 6.07) is 18.3. The molecule has 3 aromatic rings. The van der Waals surface area contributed by atoms with Crippen molar-refractivity contribution in [3.05, 3.63) is 99.6 Å². The molecule has 0 N–H and O–H groups in total. The first kappa shape index (κ1) is 21.4. The number of carbonyl (C=O) groups excluding carboxylic acids is 2. The third-order valence-electron chi connectivity index (χ3n) is 8.16. The van der Waals surface area contributed by atoms with E-state index in [9.17, 15) is 22.8 Å². The summed E-state index contributed by atoms with van der Waals surface area (Å²) in [6.45, 7) is 3.92. The van der Waals surface area contributed by atoms with Crippen molar-refractivity contribution >= 4 is 29.1 Å². The van der Waals surface area contributed by atoms with E-state index in [0.717, 1.165) is 45.4 Å². The lowest BCUT2D eigenvalue weighted by Crippen LogP contribution is -2.59. The molecule has 1 fully saturated rings. The quantitative estimate of drug-likeness (QED) is 0.394. The summed E-state index contributed by atoms with van der Waals surface area (Å²) in [7, 11) is 0. The Morgan fingerprint density at radius 1 is 0.765 bits per heavy atom. The van der Waals surface area contributed by atoms with Crippen LogP contribution in [0, 0.1) is 11.8 Å². The second kappa shape index (κ2) is 6.51. The number of amides is 2. The molecule has 2 atom stereocenters. The lowest BCUT2D eigenvalue weighted by Gasteiger charge is -2.57. The number of rotatable bonds is 1. The summed E-state index contributed by atoms with van der Waals surface area (Å²) in [6.07, 6.45) is -4.64. The second-order valence-corrected chi connectivity index (χ2v) is 10.0. The number of halogens is 4. The Labute approximate surface area is 199 Å². The minimum absolute atomic E-state index is 0.0778. The van der Waals surface area contributed by atoms with Crippen LogP contribution in [0.4, 0.5) is 18.9 Å². The first-order valence-electron chi connectivity index (χ1n) is 11.0. The zero-order chi connectivity index (χ0) is 24.2. The number of anilines is 1. The van der Waals surface area contributed by atoms with Crippen LogP contribution in [0.1, 0.15) is 41.7 Å². The van der Waals surface area contributed by atoms with Crippen LogP contribution >= 0.6 is 11.6 Å². The zero-order valence-corrected chi connectivity index (χ0v) is 19.0. The van der Waals surface area contributed by atoms with Gasteiger partial charge in [-0.25, -0.2) is 4.90 Å². The molecular formula is C27H19ClF3NO2. The van der Waals surface area contributed by atoms with Crippen molar-refractivity contribution in [2.75, 3.05) is 4.90 Å². The van der Waals surface area contributed by atoms with Crippen LogP contribution in [0.3, 0.4) is 0 Å². The van der Waals surface area contributed by atoms with Crippen molar-refractivity contribution in [3.8, 4) is 0 Å². The van der Waals surface area contributed by atoms with Crippen LogP contribution < -0.4 is 4.90 Å². The molecule has 1 saturated heterocycles. The maximum atomic E-state index is 14.0. The van der Waals surface area contributed by atoms with E-state index in [1.54, 1.807) is 0 Å². The van der Waals surface area contributed by atoms with Gasteiger partial charge in [-0.15, -0.1) is 0 Å². The Morgan fingerprint density at radius 2 is 1.18 bits per heavy atom. The van der Waals surface area contributed by atoms with Crippen molar-refractivity contribution < 1.29 is 22.8 Å². The van der Waals surface area contributed by atoms with E-state index >= 15 is 0 Å². The second-order valence-electron chi connectivity index (χ2n) is 9.63. The molecule has 34 heavy (non-hydrogen) atoms. The molecule has 3 nitrogen and oxygen atoms in total. The average Bonchev–Trinajstić information content (AvgIpc) is 3.08. The highest BCUT2D eigenvalue weighted by Crippen LogP contribution is 2.66. The lowest BCUT2D eigenvalue weighted by atomic mass is 9.42. The molecule has 0 unspecified atom stereocenters. The van der Waals surface area contributed by atoms with Crippen LogP contribution in [-0.4, -0.2) is 11.8 Å². The van der Waals surface area contributed by atoms with Gasteiger partial charge in [0.2, 0.25) is 11.8 Å². The molecule has 1 aliphatic heterocycles. The molecule has 172 valence electrons. The summed E-state index contributed by atoms with van der Waals surface area (Å²) < 4.78 is 40.4. The lowest BCUT2D eigenvalue weighted by molar-refractivity contribution is -0.137. The molecule has 2 amide bonds. The van der Waals surface area contributed by atoms with Gasteiger partial charge in [-0.05, 0) is 40.5 Å². The molecule has 7 rings (SSSR count). The predicted molar refractivity (Wildman–Crippen MR) is 122 cm³/mol. The van der Waals surface area contributed by atoms with E-state index in [4.69, 9.17) is 11.6 Å². The van der Waals surface area contributed by atoms with Crippen molar-refractivity contribution in [1.82, 2.24) is 0 Å². The SMILES string of the molecule is CC12c3ccccc3C(C)(c3ccccc31)[C@@H]1C(=O)N(c3cc(C(F)(F)F)ccc3Cl)C(=O)[C@H]12. The van der Waals surface area contributed by atoms with Gasteiger partial charge in [0.25, 0.3) is 0 Å². The van der Waals surface area contributed by atoms with Gasteiger partial charge in [0, 0.05) is 10.8 Å². The first-order chi connectivity index (χ1) is 16.0. The van der Waals surface area contributed by atoms with Crippen LogP contribution in [-0.2, 0) is 26.6 Å². The molecule has 3 aliphatic carbocycles. The highest BCUT2D eigenvalue weighted by Gasteiger charge is 2.70. The van der Waals surface area contributed by atoms with E-state index < -0.39 is 46.2 Å². The van der Waals surface area contributed by atoms with Crippen LogP contribution in [0.15, 0.2) is 66.7 Å². The van der Waals surface area contributed by atoms with E-state index in [-0.39, 0.29) is 10.7 Å². The number of imide groups is 1. The molecule has 3 aromatic carbocycles. The predicted octanol–water partition coefficient (Wildman–Crippen LogP) is 6.10. The Hall–Kier alpha value is -3.12. The van der Waals surface area contributed by atoms with Crippen molar-refractivity contribution in [3.63, 3.8) is 0 Å². The fraction of sp³-hybridized carbons (Fsp3) is 0.259. The van der Waals surface area contributed by atoms with Gasteiger partial charge in [0.1, 0.15) is 0 Å². The van der Waals surface area contributed by atoms with Crippen molar-refractivity contribution in [2.45, 2.75) is 30.9 Å². The highest BCUT2D eigenvalue weighted by molar-refractivity contribution is 6.36. The zero-order valence-electron chi connectivity index (χ0n) is 18.3. The molecular weight excluding hydrogens is 463 g/mol. The molecule has 7 heteroatoms. The Kier molecular flexibility index (Phi) is 4.10. The highest BCUT2D eigenvalue weighted by atomic mass is 35.5. The normalized spacial score (nSPS) is 29.2. The minimum Gasteiger partial charge on any atom is -0.274 e. The summed E-state index contributed by atoms with van der Waals surface area (Å²) >= 11 is 6.28. The summed E-state index contributed by atoms with van der Waals surface area (Å²) in [5, 5.41) is -0.0778. The fourth-order valence-corrected chi connectivity index (χ4v) is 6.87. The molecule has 1 heterocycles. The van der Waals surface area contributed by atoms with Gasteiger partial charge in [-0.2, -0.15) is 13.2 Å². The molecule has 0 spiro atoms. The van der Waals surface area contributed by atoms with E-state index in [0.29, 0.717) is 0 Å². The minimum atomic E-state index is -4.64. The number of carbonyl (C=O) groups is 2. The largest absolute Gasteiger partial charge is 0.416 e. The van der Waals surface area contributed by atoms with Gasteiger partial charge in [0.05, 0.1) is 28.1 Å². The number of nitrogens with zero attached hydrogens (tertiary/aromatic N) is 1. The number of alkyl halides is 3. The first-order valence-corrected chi connectivity index (χ1v) is 11.3. The van der Waals surface area contributed by atoms with E-state index in [2.05, 4.69) is 0 Å². The van der Waals surface area contributed by atoms with Crippen LogP contribution in [0.5, 0.6) is 0 Å². The number of hydrogen-bond acceptors (Lipinski definition) is 2. The Balaban J connectivity index is 1.62. The number of benzene rings is 3. The third kappa shape index (κ3) is 2.34. The van der Waals surface area contributed by atoms with Gasteiger partial charge in [0.15, 0.2) is 0 Å². The maximum absolute atomic E-state index is 14.0. The molecule has 2 bridgehead atoms. The van der Waals surface area contributed by atoms with Crippen molar-refractivity contribution in [1.29, 1.82) is 0 Å². The Bertz CT molecular complexity index is 1290. The van der Waals surface area contributed by atoms with Crippen LogP contribution in [0.25, 0.3) is 0 Å². The molecule has 0 aromatic heterocycles. The average molecular weight is 482 g/mol. The van der Waals surface area contributed by atoms with E-state index in [1.165, 1.54) is 0 Å². The third-order valence-corrected chi connectivity index (χ3v) is 8.48. The monoisotopic (exact) mass is 481 g/mol. The molecule has 0 saturated carbocycles. The van der Waals surface area contributed by atoms with Crippen LogP contribution in [0.2, 0.25) is 5.02 Å². The molecule has 4 aliphatic rings. The van der Waals surface area contributed by atoms with E-state index in [1.807, 2.05) is 62.4 Å². The van der Waals surface area contributed by atoms with Gasteiger partial charge < -0.3 is 0 Å². The fourth-order valence-electron chi connectivity index (χ4n) is 6.67. The topological polar surface area (TPSA) is 37.4 Å². The Morgan fingerprint density at radius 3 is 1.56 bits per heavy atom. The summed E-state index contributed by atoms with van der Waals surface area (Å²) in [4.78, 5) is 28.9. The molecule has 0 radical (unpaired) electrons. The smallest absolute Gasteiger partial charge is 0.274 e.